The van der Waals surface area contributed by atoms with E-state index in [0.717, 1.165) is 16.4 Å². The highest BCUT2D eigenvalue weighted by Crippen LogP contribution is 2.41. The van der Waals surface area contributed by atoms with E-state index < -0.39 is 51.8 Å². The van der Waals surface area contributed by atoms with E-state index in [9.17, 15) is 23.4 Å². The van der Waals surface area contributed by atoms with Crippen LogP contribution in [0.1, 0.15) is 43.6 Å². The number of carbonyl (C=O) groups is 4. The van der Waals surface area contributed by atoms with Crippen molar-refractivity contribution >= 4 is 63.1 Å². The lowest BCUT2D eigenvalue weighted by Gasteiger charge is -2.49. The number of Topliss-reactive ketones (excluding diaryl/α,β-unsaturated/α-hetero) is 2. The standard InChI is InChI=1S/C27H29ClN4O8S2/c1-14(33)27(3,4)40-30-21(23-29-15(2)41-31-23)20(34)10-19-24(35)32-22(17(11-28)13-42(37)25(19)32)26(36)39-12-16-6-8-18(38-5)9-7-16/h6-9,19,25H,10-13H2,1-5H3/b30-21+/t19-,25-,42?/m1/s1. The van der Waals surface area contributed by atoms with Crippen molar-refractivity contribution in [3.05, 3.63) is 51.9 Å². The molecule has 0 N–H and O–H groups in total. The summed E-state index contributed by atoms with van der Waals surface area (Å²) in [5.41, 5.74) is -0.645. The van der Waals surface area contributed by atoms with Crippen molar-refractivity contribution < 1.29 is 37.7 Å². The lowest BCUT2D eigenvalue weighted by molar-refractivity contribution is -0.156. The lowest BCUT2D eigenvalue weighted by Crippen LogP contribution is -2.66. The minimum Gasteiger partial charge on any atom is -0.497 e. The number of hydrogen-bond acceptors (Lipinski definition) is 12. The number of aryl methyl sites for hydroxylation is 1. The summed E-state index contributed by atoms with van der Waals surface area (Å²) in [5.74, 6) is -2.89. The van der Waals surface area contributed by atoms with Gasteiger partial charge >= 0.3 is 5.97 Å². The predicted octanol–water partition coefficient (Wildman–Crippen LogP) is 2.69. The third kappa shape index (κ3) is 6.45. The Balaban J connectivity index is 1.53. The topological polar surface area (TPSA) is 154 Å². The van der Waals surface area contributed by atoms with Gasteiger partial charge in [0.05, 0.1) is 18.8 Å². The Kier molecular flexibility index (Phi) is 9.58. The molecule has 2 aromatic rings. The number of hydrogen-bond donors (Lipinski definition) is 0. The van der Waals surface area contributed by atoms with Crippen LogP contribution in [0.15, 0.2) is 40.7 Å². The van der Waals surface area contributed by atoms with Crippen LogP contribution in [0.4, 0.5) is 0 Å². The zero-order valence-electron chi connectivity index (χ0n) is 23.5. The van der Waals surface area contributed by atoms with Crippen molar-refractivity contribution in [1.82, 2.24) is 14.3 Å². The van der Waals surface area contributed by atoms with Crippen molar-refractivity contribution in [2.75, 3.05) is 18.7 Å². The second-order valence-corrected chi connectivity index (χ2v) is 12.9. The molecule has 1 unspecified atom stereocenters. The summed E-state index contributed by atoms with van der Waals surface area (Å²) in [6, 6.07) is 6.91. The average Bonchev–Trinajstić information content (AvgIpc) is 3.39. The van der Waals surface area contributed by atoms with Gasteiger partial charge in [-0.15, -0.1) is 11.6 Å². The Morgan fingerprint density at radius 2 is 1.93 bits per heavy atom. The highest BCUT2D eigenvalue weighted by Gasteiger charge is 2.57. The molecule has 1 fully saturated rings. The van der Waals surface area contributed by atoms with Gasteiger partial charge in [0.1, 0.15) is 28.4 Å². The number of nitrogens with zero attached hydrogens (tertiary/aromatic N) is 4. The van der Waals surface area contributed by atoms with E-state index in [4.69, 9.17) is 25.9 Å². The zero-order chi connectivity index (χ0) is 30.8. The molecule has 1 aromatic carbocycles. The summed E-state index contributed by atoms with van der Waals surface area (Å²) >= 11 is 7.11. The van der Waals surface area contributed by atoms with Crippen molar-refractivity contribution in [2.24, 2.45) is 11.1 Å². The number of ether oxygens (including phenoxy) is 2. The Labute approximate surface area is 253 Å². The molecule has 3 heterocycles. The largest absolute Gasteiger partial charge is 0.497 e. The van der Waals surface area contributed by atoms with E-state index in [1.54, 1.807) is 31.2 Å². The van der Waals surface area contributed by atoms with Gasteiger partial charge in [-0.3, -0.25) is 23.5 Å². The average molecular weight is 637 g/mol. The van der Waals surface area contributed by atoms with Gasteiger partial charge in [0.2, 0.25) is 5.91 Å². The van der Waals surface area contributed by atoms with Crippen LogP contribution in [0.25, 0.3) is 0 Å². The Hall–Kier alpha value is -3.49. The molecule has 0 aliphatic carbocycles. The summed E-state index contributed by atoms with van der Waals surface area (Å²) < 4.78 is 27.9. The number of amides is 1. The molecular formula is C27H29ClN4O8S2. The van der Waals surface area contributed by atoms with Gasteiger partial charge in [0.25, 0.3) is 0 Å². The van der Waals surface area contributed by atoms with Crippen LogP contribution in [0.2, 0.25) is 0 Å². The number of carbonyl (C=O) groups excluding carboxylic acids is 4. The van der Waals surface area contributed by atoms with Crippen LogP contribution in [0.3, 0.4) is 0 Å². The zero-order valence-corrected chi connectivity index (χ0v) is 25.9. The highest BCUT2D eigenvalue weighted by molar-refractivity contribution is 7.86. The maximum Gasteiger partial charge on any atom is 0.355 e. The van der Waals surface area contributed by atoms with Gasteiger partial charge in [-0.25, -0.2) is 9.78 Å². The first-order chi connectivity index (χ1) is 19.9. The molecule has 0 saturated carbocycles. The SMILES string of the molecule is COc1ccc(COC(=O)C2=C(CCl)CS(=O)[C@@H]3[C@H](CC(=O)/C(=N\OC(C)(C)C(C)=O)c4nsc(C)n4)C(=O)N23)cc1. The molecule has 2 aliphatic rings. The third-order valence-corrected chi connectivity index (χ3v) is 9.47. The Morgan fingerprint density at radius 3 is 2.50 bits per heavy atom. The summed E-state index contributed by atoms with van der Waals surface area (Å²) in [6.07, 6.45) is -0.392. The normalized spacial score (nSPS) is 20.5. The molecule has 4 rings (SSSR count). The maximum absolute atomic E-state index is 13.4. The van der Waals surface area contributed by atoms with E-state index >= 15 is 0 Å². The van der Waals surface area contributed by atoms with Gasteiger partial charge < -0.3 is 14.3 Å². The molecule has 0 bridgehead atoms. The van der Waals surface area contributed by atoms with E-state index in [-0.39, 0.29) is 41.3 Å². The van der Waals surface area contributed by atoms with E-state index in [0.29, 0.717) is 21.9 Å². The van der Waals surface area contributed by atoms with Crippen molar-refractivity contribution in [1.29, 1.82) is 0 Å². The van der Waals surface area contributed by atoms with Gasteiger partial charge in [0, 0.05) is 23.1 Å². The lowest BCUT2D eigenvalue weighted by atomic mass is 9.89. The van der Waals surface area contributed by atoms with Crippen LogP contribution >= 0.6 is 23.1 Å². The van der Waals surface area contributed by atoms with E-state index in [2.05, 4.69) is 14.5 Å². The van der Waals surface area contributed by atoms with Crippen LogP contribution in [0.5, 0.6) is 5.75 Å². The first kappa shape index (κ1) is 31.4. The molecule has 12 nitrogen and oxygen atoms in total. The van der Waals surface area contributed by atoms with E-state index in [1.165, 1.54) is 27.9 Å². The minimum absolute atomic E-state index is 0.0117. The van der Waals surface area contributed by atoms with Crippen molar-refractivity contribution in [3.63, 3.8) is 0 Å². The van der Waals surface area contributed by atoms with Gasteiger partial charge in [-0.05, 0) is 62.5 Å². The minimum atomic E-state index is -1.64. The quantitative estimate of drug-likeness (QED) is 0.112. The molecule has 1 saturated heterocycles. The fourth-order valence-electron chi connectivity index (χ4n) is 4.16. The second-order valence-electron chi connectivity index (χ2n) is 10.1. The van der Waals surface area contributed by atoms with Crippen LogP contribution < -0.4 is 4.74 Å². The molecule has 3 atom stereocenters. The van der Waals surface area contributed by atoms with Crippen LogP contribution in [0, 0.1) is 12.8 Å². The van der Waals surface area contributed by atoms with Crippen molar-refractivity contribution in [3.8, 4) is 5.75 Å². The molecule has 224 valence electrons. The number of aromatic nitrogens is 2. The molecule has 2 aliphatic heterocycles. The molecule has 15 heteroatoms. The summed E-state index contributed by atoms with van der Waals surface area (Å²) in [4.78, 5) is 62.6. The number of benzene rings is 1. The predicted molar refractivity (Wildman–Crippen MR) is 154 cm³/mol. The van der Waals surface area contributed by atoms with Gasteiger partial charge in [-0.2, -0.15) is 4.37 Å². The molecule has 1 amide bonds. The summed E-state index contributed by atoms with van der Waals surface area (Å²) in [5, 5.41) is 3.53. The molecule has 1 aromatic heterocycles. The first-order valence-corrected chi connectivity index (χ1v) is 15.5. The van der Waals surface area contributed by atoms with Gasteiger partial charge in [0.15, 0.2) is 28.7 Å². The maximum atomic E-state index is 13.4. The number of fused-ring (bicyclic) bond motifs is 1. The Bertz CT molecular complexity index is 1500. The smallest absolute Gasteiger partial charge is 0.355 e. The number of alkyl halides is 1. The summed E-state index contributed by atoms with van der Waals surface area (Å²) in [7, 11) is -0.101. The number of halogens is 1. The fraction of sp³-hybridized carbons (Fsp3) is 0.444. The number of oxime groups is 1. The fourth-order valence-corrected chi connectivity index (χ4v) is 6.74. The summed E-state index contributed by atoms with van der Waals surface area (Å²) in [6.45, 7) is 5.93. The number of methoxy groups -OCH3 is 1. The second kappa shape index (κ2) is 12.8. The molecule has 0 radical (unpaired) electrons. The van der Waals surface area contributed by atoms with Crippen molar-refractivity contribution in [2.45, 2.75) is 51.7 Å². The van der Waals surface area contributed by atoms with E-state index in [1.807, 2.05) is 0 Å². The molecular weight excluding hydrogens is 608 g/mol. The van der Waals surface area contributed by atoms with Crippen LogP contribution in [-0.4, -0.2) is 77.3 Å². The Morgan fingerprint density at radius 1 is 1.24 bits per heavy atom. The number of β-lactam (4-membered cyclic amide) rings is 1. The molecule has 0 spiro atoms. The highest BCUT2D eigenvalue weighted by atomic mass is 35.5. The monoisotopic (exact) mass is 636 g/mol. The molecule has 42 heavy (non-hydrogen) atoms. The number of rotatable bonds is 12. The number of ketones is 2. The number of esters is 1. The van der Waals surface area contributed by atoms with Crippen LogP contribution in [-0.2, 0) is 46.2 Å². The van der Waals surface area contributed by atoms with Gasteiger partial charge in [-0.1, -0.05) is 17.3 Å². The first-order valence-electron chi connectivity index (χ1n) is 12.8. The third-order valence-electron chi connectivity index (χ3n) is 6.82.